The fraction of sp³-hybridized carbons (Fsp3) is 0.238. The summed E-state index contributed by atoms with van der Waals surface area (Å²) in [6, 6.07) is 9.11. The minimum Gasteiger partial charge on any atom is -0.493 e. The number of hydrogen-bond acceptors (Lipinski definition) is 6. The summed E-state index contributed by atoms with van der Waals surface area (Å²) in [6.07, 6.45) is 5.22. The van der Waals surface area contributed by atoms with Crippen LogP contribution in [-0.2, 0) is 7.05 Å². The molecular formula is C21H19N5O3. The molecule has 0 aliphatic carbocycles. The van der Waals surface area contributed by atoms with E-state index in [1.165, 1.54) is 0 Å². The van der Waals surface area contributed by atoms with Gasteiger partial charge in [0, 0.05) is 37.8 Å². The molecule has 1 aliphatic rings. The highest BCUT2D eigenvalue weighted by Crippen LogP contribution is 2.29. The Kier molecular flexibility index (Phi) is 4.04. The SMILES string of the molecule is Cn1c(C(=O)N2CCCC2)cc2ccc(Oc3nc(O)c4ccncc4n3)cc21. The third-order valence-electron chi connectivity index (χ3n) is 5.30. The van der Waals surface area contributed by atoms with Gasteiger partial charge in [0.15, 0.2) is 0 Å². The highest BCUT2D eigenvalue weighted by atomic mass is 16.5. The summed E-state index contributed by atoms with van der Waals surface area (Å²) in [4.78, 5) is 27.0. The second-order valence-corrected chi connectivity index (χ2v) is 7.13. The van der Waals surface area contributed by atoms with Gasteiger partial charge in [-0.3, -0.25) is 9.78 Å². The number of hydrogen-bond donors (Lipinski definition) is 1. The van der Waals surface area contributed by atoms with Gasteiger partial charge in [-0.25, -0.2) is 0 Å². The Balaban J connectivity index is 1.48. The average Bonchev–Trinajstić information content (AvgIpc) is 3.37. The maximum absolute atomic E-state index is 12.8. The van der Waals surface area contributed by atoms with Crippen molar-refractivity contribution in [2.24, 2.45) is 7.05 Å². The third kappa shape index (κ3) is 3.02. The standard InChI is InChI=1S/C21H19N5O3/c1-25-17-11-14(29-21-23-16-12-22-7-6-15(16)19(27)24-21)5-4-13(17)10-18(25)20(28)26-8-2-3-9-26/h4-7,10-12H,2-3,8-9H2,1H3,(H,23,24,27). The zero-order chi connectivity index (χ0) is 20.0. The first kappa shape index (κ1) is 17.4. The summed E-state index contributed by atoms with van der Waals surface area (Å²) in [7, 11) is 1.87. The van der Waals surface area contributed by atoms with E-state index >= 15 is 0 Å². The molecule has 5 rings (SSSR count). The van der Waals surface area contributed by atoms with Crippen molar-refractivity contribution in [3.8, 4) is 17.6 Å². The molecule has 0 radical (unpaired) electrons. The predicted molar refractivity (Wildman–Crippen MR) is 107 cm³/mol. The smallest absolute Gasteiger partial charge is 0.325 e. The van der Waals surface area contributed by atoms with Crippen molar-refractivity contribution < 1.29 is 14.6 Å². The summed E-state index contributed by atoms with van der Waals surface area (Å²) in [5, 5.41) is 11.6. The minimum atomic E-state index is -0.161. The summed E-state index contributed by atoms with van der Waals surface area (Å²) in [5.41, 5.74) is 2.02. The maximum atomic E-state index is 12.8. The van der Waals surface area contributed by atoms with Gasteiger partial charge in [-0.2, -0.15) is 9.97 Å². The lowest BCUT2D eigenvalue weighted by atomic mass is 10.2. The predicted octanol–water partition coefficient (Wildman–Crippen LogP) is 3.25. The number of benzene rings is 1. The van der Waals surface area contributed by atoms with Crippen LogP contribution in [0.15, 0.2) is 42.7 Å². The minimum absolute atomic E-state index is 0.0323. The van der Waals surface area contributed by atoms with Gasteiger partial charge in [0.25, 0.3) is 5.91 Å². The van der Waals surface area contributed by atoms with E-state index in [0.717, 1.165) is 36.8 Å². The van der Waals surface area contributed by atoms with Gasteiger partial charge in [0.05, 0.1) is 22.6 Å². The molecule has 1 amide bonds. The zero-order valence-corrected chi connectivity index (χ0v) is 15.9. The summed E-state index contributed by atoms with van der Waals surface area (Å²) < 4.78 is 7.66. The van der Waals surface area contributed by atoms with Crippen LogP contribution in [0, 0.1) is 0 Å². The van der Waals surface area contributed by atoms with E-state index in [9.17, 15) is 9.90 Å². The van der Waals surface area contributed by atoms with E-state index in [1.807, 2.05) is 34.7 Å². The molecule has 4 heterocycles. The van der Waals surface area contributed by atoms with Crippen molar-refractivity contribution in [3.63, 3.8) is 0 Å². The van der Waals surface area contributed by atoms with Crippen LogP contribution < -0.4 is 4.74 Å². The van der Waals surface area contributed by atoms with Gasteiger partial charge in [-0.1, -0.05) is 0 Å². The number of pyridine rings is 1. The fourth-order valence-electron chi connectivity index (χ4n) is 3.76. The van der Waals surface area contributed by atoms with Crippen LogP contribution in [-0.4, -0.2) is 48.5 Å². The van der Waals surface area contributed by atoms with Crippen LogP contribution in [0.3, 0.4) is 0 Å². The molecule has 0 spiro atoms. The summed E-state index contributed by atoms with van der Waals surface area (Å²) in [6.45, 7) is 1.62. The van der Waals surface area contributed by atoms with E-state index in [0.29, 0.717) is 22.3 Å². The molecule has 8 nitrogen and oxygen atoms in total. The lowest BCUT2D eigenvalue weighted by molar-refractivity contribution is 0.0784. The van der Waals surface area contributed by atoms with Crippen molar-refractivity contribution >= 4 is 27.7 Å². The number of ether oxygens (including phenoxy) is 1. The molecule has 4 aromatic rings. The van der Waals surface area contributed by atoms with Crippen LogP contribution in [0.4, 0.5) is 0 Å². The first-order valence-corrected chi connectivity index (χ1v) is 9.47. The number of aryl methyl sites for hydroxylation is 1. The summed E-state index contributed by atoms with van der Waals surface area (Å²) in [5.74, 6) is 0.409. The highest BCUT2D eigenvalue weighted by molar-refractivity contribution is 5.99. The molecule has 8 heteroatoms. The van der Waals surface area contributed by atoms with Crippen molar-refractivity contribution in [1.29, 1.82) is 0 Å². The van der Waals surface area contributed by atoms with Gasteiger partial charge >= 0.3 is 6.01 Å². The Morgan fingerprint density at radius 2 is 1.97 bits per heavy atom. The number of likely N-dealkylation sites (tertiary alicyclic amines) is 1. The van der Waals surface area contributed by atoms with Gasteiger partial charge in [0.1, 0.15) is 11.4 Å². The Labute approximate surface area is 166 Å². The monoisotopic (exact) mass is 389 g/mol. The molecule has 0 unspecified atom stereocenters. The molecule has 1 fully saturated rings. The lowest BCUT2D eigenvalue weighted by Gasteiger charge is -2.15. The van der Waals surface area contributed by atoms with Crippen molar-refractivity contribution in [2.75, 3.05) is 13.1 Å². The Morgan fingerprint density at radius 3 is 2.79 bits per heavy atom. The van der Waals surface area contributed by atoms with E-state index in [4.69, 9.17) is 4.74 Å². The Morgan fingerprint density at radius 1 is 1.14 bits per heavy atom. The van der Waals surface area contributed by atoms with Crippen LogP contribution in [0.1, 0.15) is 23.3 Å². The van der Waals surface area contributed by atoms with Crippen molar-refractivity contribution in [2.45, 2.75) is 12.8 Å². The zero-order valence-electron chi connectivity index (χ0n) is 15.9. The lowest BCUT2D eigenvalue weighted by Crippen LogP contribution is -2.29. The summed E-state index contributed by atoms with van der Waals surface area (Å²) >= 11 is 0. The fourth-order valence-corrected chi connectivity index (χ4v) is 3.76. The number of aromatic hydroxyl groups is 1. The van der Waals surface area contributed by atoms with Gasteiger partial charge in [0.2, 0.25) is 5.88 Å². The van der Waals surface area contributed by atoms with Crippen LogP contribution in [0.25, 0.3) is 21.8 Å². The second kappa shape index (κ2) is 6.73. The topological polar surface area (TPSA) is 93.4 Å². The Hall–Kier alpha value is -3.68. The number of aromatic nitrogens is 4. The number of fused-ring (bicyclic) bond motifs is 2. The number of carbonyl (C=O) groups excluding carboxylic acids is 1. The van der Waals surface area contributed by atoms with Gasteiger partial charge in [-0.05, 0) is 37.1 Å². The largest absolute Gasteiger partial charge is 0.493 e. The first-order valence-electron chi connectivity index (χ1n) is 9.47. The second-order valence-electron chi connectivity index (χ2n) is 7.13. The molecule has 0 bridgehead atoms. The molecule has 146 valence electrons. The molecule has 0 saturated carbocycles. The number of rotatable bonds is 3. The number of carbonyl (C=O) groups is 1. The molecule has 1 saturated heterocycles. The average molecular weight is 389 g/mol. The van der Waals surface area contributed by atoms with Gasteiger partial charge < -0.3 is 19.3 Å². The van der Waals surface area contributed by atoms with Crippen LogP contribution in [0.5, 0.6) is 17.6 Å². The maximum Gasteiger partial charge on any atom is 0.325 e. The van der Waals surface area contributed by atoms with Crippen molar-refractivity contribution in [1.82, 2.24) is 24.4 Å². The van der Waals surface area contributed by atoms with Gasteiger partial charge in [-0.15, -0.1) is 0 Å². The molecular weight excluding hydrogens is 370 g/mol. The molecule has 0 atom stereocenters. The molecule has 1 aromatic carbocycles. The number of nitrogens with zero attached hydrogens (tertiary/aromatic N) is 5. The van der Waals surface area contributed by atoms with Crippen LogP contribution >= 0.6 is 0 Å². The molecule has 3 aromatic heterocycles. The van der Waals surface area contributed by atoms with E-state index < -0.39 is 0 Å². The highest BCUT2D eigenvalue weighted by Gasteiger charge is 2.23. The Bertz CT molecular complexity index is 1240. The van der Waals surface area contributed by atoms with E-state index in [-0.39, 0.29) is 17.8 Å². The number of amides is 1. The third-order valence-corrected chi connectivity index (χ3v) is 5.30. The first-order chi connectivity index (χ1) is 14.1. The van der Waals surface area contributed by atoms with Crippen LogP contribution in [0.2, 0.25) is 0 Å². The van der Waals surface area contributed by atoms with E-state index in [1.54, 1.807) is 24.5 Å². The molecule has 1 N–H and O–H groups in total. The molecule has 29 heavy (non-hydrogen) atoms. The van der Waals surface area contributed by atoms with Crippen molar-refractivity contribution in [3.05, 3.63) is 48.4 Å². The normalized spacial score (nSPS) is 14.0. The van der Waals surface area contributed by atoms with E-state index in [2.05, 4.69) is 15.0 Å². The quantitative estimate of drug-likeness (QED) is 0.578. The molecule has 1 aliphatic heterocycles.